The van der Waals surface area contributed by atoms with Crippen LogP contribution in [0.3, 0.4) is 0 Å². The fraction of sp³-hybridized carbons (Fsp3) is 0.520. The molecule has 9 heteroatoms. The molecule has 1 atom stereocenters. The van der Waals surface area contributed by atoms with Gasteiger partial charge in [-0.1, -0.05) is 37.8 Å². The van der Waals surface area contributed by atoms with Crippen LogP contribution >= 0.6 is 0 Å². The number of hydrogen-bond donors (Lipinski definition) is 2. The molecule has 0 aliphatic carbocycles. The van der Waals surface area contributed by atoms with E-state index < -0.39 is 35.5 Å². The van der Waals surface area contributed by atoms with Crippen LogP contribution in [0.25, 0.3) is 0 Å². The van der Waals surface area contributed by atoms with E-state index in [1.807, 2.05) is 6.92 Å². The van der Waals surface area contributed by atoms with Gasteiger partial charge in [0.15, 0.2) is 0 Å². The second-order valence-corrected chi connectivity index (χ2v) is 8.61. The summed E-state index contributed by atoms with van der Waals surface area (Å²) in [4.78, 5) is 51.4. The number of alkyl carbamates (subject to hydrolysis) is 1. The van der Waals surface area contributed by atoms with Gasteiger partial charge in [-0.2, -0.15) is 0 Å². The van der Waals surface area contributed by atoms with Crippen LogP contribution in [0.2, 0.25) is 0 Å². The van der Waals surface area contributed by atoms with Crippen molar-refractivity contribution >= 4 is 23.9 Å². The van der Waals surface area contributed by atoms with Crippen LogP contribution < -0.4 is 10.6 Å². The van der Waals surface area contributed by atoms with Gasteiger partial charge in [-0.15, -0.1) is 6.42 Å². The van der Waals surface area contributed by atoms with E-state index in [1.54, 1.807) is 45.0 Å². The second-order valence-electron chi connectivity index (χ2n) is 8.61. The molecular weight excluding hydrogens is 438 g/mol. The van der Waals surface area contributed by atoms with Crippen molar-refractivity contribution in [1.29, 1.82) is 0 Å². The van der Waals surface area contributed by atoms with Crippen molar-refractivity contribution in [1.82, 2.24) is 15.5 Å². The molecule has 2 N–H and O–H groups in total. The molecule has 0 bridgehead atoms. The Morgan fingerprint density at radius 3 is 2.24 bits per heavy atom. The van der Waals surface area contributed by atoms with Crippen molar-refractivity contribution in [2.75, 3.05) is 26.7 Å². The number of esters is 1. The van der Waals surface area contributed by atoms with Gasteiger partial charge in [0.05, 0.1) is 7.11 Å². The summed E-state index contributed by atoms with van der Waals surface area (Å²) < 4.78 is 9.78. The van der Waals surface area contributed by atoms with Gasteiger partial charge in [0.1, 0.15) is 24.7 Å². The molecule has 0 heterocycles. The minimum absolute atomic E-state index is 0.274. The molecular formula is C25H35N3O6. The van der Waals surface area contributed by atoms with Crippen molar-refractivity contribution in [3.05, 3.63) is 35.4 Å². The molecule has 186 valence electrons. The number of unbranched alkanes of at least 4 members (excludes halogenated alkanes) is 2. The van der Waals surface area contributed by atoms with E-state index in [1.165, 1.54) is 12.0 Å². The third-order valence-electron chi connectivity index (χ3n) is 4.69. The van der Waals surface area contributed by atoms with Crippen LogP contribution in [0, 0.1) is 12.3 Å². The molecule has 0 aliphatic heterocycles. The number of nitrogens with one attached hydrogen (secondary N) is 2. The number of carbonyl (C=O) groups is 4. The molecule has 0 saturated heterocycles. The lowest BCUT2D eigenvalue weighted by molar-refractivity contribution is -0.143. The highest BCUT2D eigenvalue weighted by atomic mass is 16.6. The van der Waals surface area contributed by atoms with Gasteiger partial charge in [-0.3, -0.25) is 14.4 Å². The molecule has 0 aromatic heterocycles. The fourth-order valence-electron chi connectivity index (χ4n) is 3.06. The molecule has 0 aliphatic rings. The third-order valence-corrected chi connectivity index (χ3v) is 4.69. The van der Waals surface area contributed by atoms with Crippen LogP contribution in [0.1, 0.15) is 64.1 Å². The van der Waals surface area contributed by atoms with Gasteiger partial charge < -0.3 is 25.0 Å². The maximum absolute atomic E-state index is 13.2. The van der Waals surface area contributed by atoms with E-state index in [0.717, 1.165) is 12.8 Å². The summed E-state index contributed by atoms with van der Waals surface area (Å²) in [6, 6.07) is 5.63. The van der Waals surface area contributed by atoms with Crippen molar-refractivity contribution in [3.63, 3.8) is 0 Å². The molecule has 1 aromatic carbocycles. The smallest absolute Gasteiger partial charge is 0.408 e. The summed E-state index contributed by atoms with van der Waals surface area (Å²) in [5.41, 5.74) is 0.416. The summed E-state index contributed by atoms with van der Waals surface area (Å²) in [5, 5.41) is 4.97. The minimum atomic E-state index is -1.04. The summed E-state index contributed by atoms with van der Waals surface area (Å²) in [7, 11) is 1.22. The van der Waals surface area contributed by atoms with E-state index in [4.69, 9.17) is 11.2 Å². The molecule has 1 unspecified atom stereocenters. The van der Waals surface area contributed by atoms with Gasteiger partial charge in [0.25, 0.3) is 0 Å². The highest BCUT2D eigenvalue weighted by Gasteiger charge is 2.31. The Hall–Kier alpha value is -3.54. The number of ether oxygens (including phenoxy) is 2. The first-order valence-electron chi connectivity index (χ1n) is 11.2. The molecule has 0 saturated carbocycles. The lowest BCUT2D eigenvalue weighted by Gasteiger charge is -2.31. The summed E-state index contributed by atoms with van der Waals surface area (Å²) in [6.07, 6.45) is 7.10. The van der Waals surface area contributed by atoms with Crippen molar-refractivity contribution in [2.24, 2.45) is 0 Å². The number of amides is 3. The fourth-order valence-corrected chi connectivity index (χ4v) is 3.06. The largest absolute Gasteiger partial charge is 0.468 e. The van der Waals surface area contributed by atoms with Crippen LogP contribution in [-0.2, 0) is 23.9 Å². The van der Waals surface area contributed by atoms with E-state index in [9.17, 15) is 19.2 Å². The average Bonchev–Trinajstić information content (AvgIpc) is 2.79. The molecule has 1 aromatic rings. The zero-order chi connectivity index (χ0) is 25.7. The Kier molecular flexibility index (Phi) is 11.6. The molecule has 0 spiro atoms. The zero-order valence-electron chi connectivity index (χ0n) is 20.6. The Morgan fingerprint density at radius 1 is 1.06 bits per heavy atom. The first-order chi connectivity index (χ1) is 16.0. The lowest BCUT2D eigenvalue weighted by Crippen LogP contribution is -2.48. The standard InChI is InChI=1S/C25H35N3O6/c1-7-9-10-15-28(20(29)16-27-24(32)34-25(3,4)5)22(23(31)26-17-21(30)33-6)19-13-11-18(8-2)12-14-19/h2,11-14,22H,7,9-10,15-17H2,1,3-6H3,(H,26,31)(H,27,32). The molecule has 0 fully saturated rings. The predicted molar refractivity (Wildman–Crippen MR) is 128 cm³/mol. The number of hydrogen-bond acceptors (Lipinski definition) is 6. The molecule has 9 nitrogen and oxygen atoms in total. The Labute approximate surface area is 201 Å². The van der Waals surface area contributed by atoms with Gasteiger partial charge in [0, 0.05) is 12.1 Å². The van der Waals surface area contributed by atoms with Gasteiger partial charge in [-0.05, 0) is 44.9 Å². The number of benzene rings is 1. The topological polar surface area (TPSA) is 114 Å². The zero-order valence-corrected chi connectivity index (χ0v) is 20.6. The quantitative estimate of drug-likeness (QED) is 0.290. The normalized spacial score (nSPS) is 11.5. The maximum Gasteiger partial charge on any atom is 0.408 e. The number of terminal acetylenes is 1. The van der Waals surface area contributed by atoms with Crippen molar-refractivity contribution in [3.8, 4) is 12.3 Å². The Balaban J connectivity index is 3.21. The second kappa shape index (κ2) is 13.9. The Morgan fingerprint density at radius 2 is 1.71 bits per heavy atom. The van der Waals surface area contributed by atoms with E-state index in [2.05, 4.69) is 21.3 Å². The molecule has 0 radical (unpaired) electrons. The number of rotatable bonds is 11. The van der Waals surface area contributed by atoms with E-state index in [-0.39, 0.29) is 19.6 Å². The summed E-state index contributed by atoms with van der Waals surface area (Å²) in [5.74, 6) is 0.866. The first-order valence-corrected chi connectivity index (χ1v) is 11.2. The highest BCUT2D eigenvalue weighted by Crippen LogP contribution is 2.23. The van der Waals surface area contributed by atoms with E-state index in [0.29, 0.717) is 17.5 Å². The van der Waals surface area contributed by atoms with E-state index >= 15 is 0 Å². The van der Waals surface area contributed by atoms with Gasteiger partial charge in [-0.25, -0.2) is 4.79 Å². The Bertz CT molecular complexity index is 883. The number of nitrogens with zero attached hydrogens (tertiary/aromatic N) is 1. The lowest BCUT2D eigenvalue weighted by atomic mass is 10.0. The van der Waals surface area contributed by atoms with Crippen molar-refractivity contribution in [2.45, 2.75) is 58.6 Å². The van der Waals surface area contributed by atoms with Crippen LogP contribution in [-0.4, -0.2) is 61.1 Å². The minimum Gasteiger partial charge on any atom is -0.468 e. The number of methoxy groups -OCH3 is 1. The van der Waals surface area contributed by atoms with Crippen LogP contribution in [0.15, 0.2) is 24.3 Å². The van der Waals surface area contributed by atoms with Crippen LogP contribution in [0.5, 0.6) is 0 Å². The number of carbonyl (C=O) groups excluding carboxylic acids is 4. The SMILES string of the molecule is C#Cc1ccc(C(C(=O)NCC(=O)OC)N(CCCCC)C(=O)CNC(=O)OC(C)(C)C)cc1. The van der Waals surface area contributed by atoms with Crippen LogP contribution in [0.4, 0.5) is 4.79 Å². The first kappa shape index (κ1) is 28.5. The van der Waals surface area contributed by atoms with Gasteiger partial charge in [0.2, 0.25) is 11.8 Å². The summed E-state index contributed by atoms with van der Waals surface area (Å²) >= 11 is 0. The molecule has 34 heavy (non-hydrogen) atoms. The average molecular weight is 474 g/mol. The highest BCUT2D eigenvalue weighted by molar-refractivity contribution is 5.91. The van der Waals surface area contributed by atoms with Gasteiger partial charge >= 0.3 is 12.1 Å². The molecule has 1 rings (SSSR count). The monoisotopic (exact) mass is 473 g/mol. The van der Waals surface area contributed by atoms with Crippen molar-refractivity contribution < 1.29 is 28.7 Å². The predicted octanol–water partition coefficient (Wildman–Crippen LogP) is 2.54. The maximum atomic E-state index is 13.2. The molecule has 3 amide bonds. The summed E-state index contributed by atoms with van der Waals surface area (Å²) in [6.45, 7) is 6.74. The third kappa shape index (κ3) is 9.94.